The van der Waals surface area contributed by atoms with Gasteiger partial charge in [0.1, 0.15) is 17.1 Å². The number of hydrogen-bond donors (Lipinski definition) is 1. The van der Waals surface area contributed by atoms with E-state index in [4.69, 9.17) is 9.47 Å². The molecule has 0 aromatic heterocycles. The third-order valence-electron chi connectivity index (χ3n) is 4.82. The molecule has 4 nitrogen and oxygen atoms in total. The van der Waals surface area contributed by atoms with Crippen LogP contribution >= 0.6 is 11.8 Å². The summed E-state index contributed by atoms with van der Waals surface area (Å²) < 4.78 is 11.1. The van der Waals surface area contributed by atoms with Crippen LogP contribution < -0.4 is 9.47 Å². The first kappa shape index (κ1) is 18.1. The molecule has 2 aromatic carbocycles. The molecule has 0 bridgehead atoms. The normalized spacial score (nSPS) is 20.6. The van der Waals surface area contributed by atoms with E-state index in [0.717, 1.165) is 47.0 Å². The van der Waals surface area contributed by atoms with Gasteiger partial charge in [-0.15, -0.1) is 11.8 Å². The van der Waals surface area contributed by atoms with Crippen LogP contribution in [-0.4, -0.2) is 43.6 Å². The highest BCUT2D eigenvalue weighted by Crippen LogP contribution is 2.37. The summed E-state index contributed by atoms with van der Waals surface area (Å²) in [6, 6.07) is 14.0. The topological polar surface area (TPSA) is 41.9 Å². The number of methoxy groups -OCH3 is 2. The van der Waals surface area contributed by atoms with Gasteiger partial charge in [0.25, 0.3) is 0 Å². The monoisotopic (exact) mass is 359 g/mol. The van der Waals surface area contributed by atoms with E-state index in [0.29, 0.717) is 6.54 Å². The Bertz CT molecular complexity index is 722. The van der Waals surface area contributed by atoms with E-state index >= 15 is 0 Å². The third-order valence-corrected chi connectivity index (χ3v) is 5.58. The third kappa shape index (κ3) is 3.78. The maximum absolute atomic E-state index is 11.0. The molecule has 1 N–H and O–H groups in total. The van der Waals surface area contributed by atoms with Crippen LogP contribution in [0.3, 0.4) is 0 Å². The summed E-state index contributed by atoms with van der Waals surface area (Å²) in [5, 5.41) is 11.0. The first-order valence-corrected chi connectivity index (χ1v) is 9.61. The molecule has 1 fully saturated rings. The summed E-state index contributed by atoms with van der Waals surface area (Å²) >= 11 is 1.64. The molecule has 1 saturated heterocycles. The number of ether oxygens (including phenoxy) is 2. The average Bonchev–Trinajstić information content (AvgIpc) is 3.04. The Morgan fingerprint density at radius 2 is 1.84 bits per heavy atom. The Morgan fingerprint density at radius 3 is 2.48 bits per heavy atom. The van der Waals surface area contributed by atoms with Crippen molar-refractivity contribution in [2.45, 2.75) is 23.5 Å². The van der Waals surface area contributed by atoms with Crippen LogP contribution in [0.25, 0.3) is 0 Å². The highest BCUT2D eigenvalue weighted by Gasteiger charge is 2.37. The Morgan fingerprint density at radius 1 is 1.12 bits per heavy atom. The van der Waals surface area contributed by atoms with E-state index in [2.05, 4.69) is 4.90 Å². The number of thioether (sulfide) groups is 1. The number of nitrogens with zero attached hydrogens (tertiary/aromatic N) is 1. The fraction of sp³-hybridized carbons (Fsp3) is 0.400. The molecule has 0 radical (unpaired) electrons. The second kappa shape index (κ2) is 7.68. The predicted molar refractivity (Wildman–Crippen MR) is 102 cm³/mol. The van der Waals surface area contributed by atoms with Crippen LogP contribution in [0.5, 0.6) is 11.5 Å². The van der Waals surface area contributed by atoms with Crippen LogP contribution in [0.15, 0.2) is 47.4 Å². The van der Waals surface area contributed by atoms with Crippen molar-refractivity contribution in [3.05, 3.63) is 53.6 Å². The van der Waals surface area contributed by atoms with E-state index in [9.17, 15) is 5.11 Å². The zero-order chi connectivity index (χ0) is 17.9. The van der Waals surface area contributed by atoms with E-state index in [1.165, 1.54) is 0 Å². The van der Waals surface area contributed by atoms with Crippen molar-refractivity contribution in [1.29, 1.82) is 0 Å². The van der Waals surface area contributed by atoms with Gasteiger partial charge in [-0.3, -0.25) is 4.90 Å². The molecule has 2 aromatic rings. The van der Waals surface area contributed by atoms with Crippen molar-refractivity contribution in [2.24, 2.45) is 0 Å². The second-order valence-corrected chi connectivity index (χ2v) is 7.23. The minimum Gasteiger partial charge on any atom is -0.496 e. The molecule has 1 atom stereocenters. The number of aliphatic hydroxyl groups is 1. The van der Waals surface area contributed by atoms with Crippen molar-refractivity contribution < 1.29 is 14.6 Å². The number of hydrogen-bond acceptors (Lipinski definition) is 5. The number of rotatable bonds is 6. The molecule has 5 heteroatoms. The van der Waals surface area contributed by atoms with Gasteiger partial charge in [0.05, 0.1) is 19.1 Å². The lowest BCUT2D eigenvalue weighted by molar-refractivity contribution is 0.0452. The van der Waals surface area contributed by atoms with Gasteiger partial charge >= 0.3 is 0 Å². The minimum atomic E-state index is -0.780. The fourth-order valence-corrected chi connectivity index (χ4v) is 4.02. The standard InChI is InChI=1S/C20H25NO3S/c1-23-17-12-19(25-3)18(24-2)11-15(17)13-21-10-9-20(22,14-21)16-7-5-4-6-8-16/h4-8,11-12,22H,9-10,13-14H2,1-3H3/t20-/m0/s1. The summed E-state index contributed by atoms with van der Waals surface area (Å²) in [4.78, 5) is 3.33. The van der Waals surface area contributed by atoms with Crippen molar-refractivity contribution >= 4 is 11.8 Å². The Hall–Kier alpha value is -1.69. The van der Waals surface area contributed by atoms with E-state index in [1.54, 1.807) is 26.0 Å². The summed E-state index contributed by atoms with van der Waals surface area (Å²) in [5.41, 5.74) is 1.28. The van der Waals surface area contributed by atoms with Crippen LogP contribution in [-0.2, 0) is 12.1 Å². The lowest BCUT2D eigenvalue weighted by atomic mass is 9.93. The average molecular weight is 359 g/mol. The molecule has 1 heterocycles. The maximum atomic E-state index is 11.0. The molecule has 1 aliphatic rings. The molecular formula is C20H25NO3S. The van der Waals surface area contributed by atoms with Gasteiger partial charge in [-0.1, -0.05) is 30.3 Å². The Labute approximate surface area is 153 Å². The predicted octanol–water partition coefficient (Wildman–Crippen LogP) is 3.52. The number of β-amino-alcohol motifs (C(OH)–C–C–N with tert-alkyl or cyclic N) is 1. The summed E-state index contributed by atoms with van der Waals surface area (Å²) in [6.45, 7) is 2.19. The highest BCUT2D eigenvalue weighted by molar-refractivity contribution is 7.98. The van der Waals surface area contributed by atoms with Gasteiger partial charge in [-0.25, -0.2) is 0 Å². The zero-order valence-electron chi connectivity index (χ0n) is 15.0. The number of likely N-dealkylation sites (tertiary alicyclic amines) is 1. The smallest absolute Gasteiger partial charge is 0.132 e. The van der Waals surface area contributed by atoms with Gasteiger partial charge in [0.15, 0.2) is 0 Å². The van der Waals surface area contributed by atoms with Crippen molar-refractivity contribution in [1.82, 2.24) is 4.90 Å². The molecular weight excluding hydrogens is 334 g/mol. The van der Waals surface area contributed by atoms with Crippen molar-refractivity contribution in [3.8, 4) is 11.5 Å². The lowest BCUT2D eigenvalue weighted by Crippen LogP contribution is -2.30. The SMILES string of the molecule is COc1cc(SC)c(OC)cc1CN1CC[C@@](O)(c2ccccc2)C1. The fourth-order valence-electron chi connectivity index (χ4n) is 3.45. The zero-order valence-corrected chi connectivity index (χ0v) is 15.8. The molecule has 25 heavy (non-hydrogen) atoms. The van der Waals surface area contributed by atoms with E-state index in [1.807, 2.05) is 48.7 Å². The molecule has 0 saturated carbocycles. The lowest BCUT2D eigenvalue weighted by Gasteiger charge is -2.24. The van der Waals surface area contributed by atoms with E-state index in [-0.39, 0.29) is 0 Å². The quantitative estimate of drug-likeness (QED) is 0.800. The van der Waals surface area contributed by atoms with Gasteiger partial charge in [0, 0.05) is 25.2 Å². The maximum Gasteiger partial charge on any atom is 0.132 e. The first-order chi connectivity index (χ1) is 12.1. The van der Waals surface area contributed by atoms with Crippen LogP contribution in [0.1, 0.15) is 17.5 Å². The van der Waals surface area contributed by atoms with Gasteiger partial charge in [0.2, 0.25) is 0 Å². The molecule has 1 aliphatic heterocycles. The minimum absolute atomic E-state index is 0.618. The summed E-state index contributed by atoms with van der Waals surface area (Å²) in [7, 11) is 3.38. The van der Waals surface area contributed by atoms with Crippen LogP contribution in [0, 0.1) is 0 Å². The van der Waals surface area contributed by atoms with Crippen molar-refractivity contribution in [3.63, 3.8) is 0 Å². The van der Waals surface area contributed by atoms with Gasteiger partial charge in [-0.05, 0) is 30.4 Å². The van der Waals surface area contributed by atoms with Gasteiger partial charge in [-0.2, -0.15) is 0 Å². The molecule has 0 amide bonds. The molecule has 3 rings (SSSR count). The molecule has 0 aliphatic carbocycles. The molecule has 134 valence electrons. The Kier molecular flexibility index (Phi) is 5.57. The van der Waals surface area contributed by atoms with E-state index < -0.39 is 5.60 Å². The largest absolute Gasteiger partial charge is 0.496 e. The molecule has 0 unspecified atom stereocenters. The molecule has 0 spiro atoms. The second-order valence-electron chi connectivity index (χ2n) is 6.38. The summed E-state index contributed by atoms with van der Waals surface area (Å²) in [5.74, 6) is 1.72. The van der Waals surface area contributed by atoms with Crippen LogP contribution in [0.2, 0.25) is 0 Å². The Balaban J connectivity index is 1.79. The van der Waals surface area contributed by atoms with Crippen LogP contribution in [0.4, 0.5) is 0 Å². The van der Waals surface area contributed by atoms with Crippen molar-refractivity contribution in [2.75, 3.05) is 33.6 Å². The highest BCUT2D eigenvalue weighted by atomic mass is 32.2. The number of benzene rings is 2. The summed E-state index contributed by atoms with van der Waals surface area (Å²) in [6.07, 6.45) is 2.76. The first-order valence-electron chi connectivity index (χ1n) is 8.39. The van der Waals surface area contributed by atoms with Gasteiger partial charge < -0.3 is 14.6 Å².